The third-order valence-electron chi connectivity index (χ3n) is 3.50. The minimum Gasteiger partial charge on any atom is -0.480 e. The summed E-state index contributed by atoms with van der Waals surface area (Å²) in [6, 6.07) is 4.87. The Labute approximate surface area is 149 Å². The summed E-state index contributed by atoms with van der Waals surface area (Å²) in [7, 11) is 0. The summed E-state index contributed by atoms with van der Waals surface area (Å²) in [5.74, 6) is 0.0547. The molecule has 5 heteroatoms. The molecule has 0 aliphatic carbocycles. The summed E-state index contributed by atoms with van der Waals surface area (Å²) in [6.07, 6.45) is 9.72. The number of unbranched alkanes of at least 4 members (excludes halogenated alkanes) is 7. The topological polar surface area (TPSA) is 35.5 Å². The van der Waals surface area contributed by atoms with E-state index in [4.69, 9.17) is 32.7 Å². The van der Waals surface area contributed by atoms with Crippen LogP contribution in [0, 0.1) is 0 Å². The third kappa shape index (κ3) is 9.72. The molecule has 0 atom stereocenters. The van der Waals surface area contributed by atoms with Gasteiger partial charge in [0.1, 0.15) is 5.75 Å². The summed E-state index contributed by atoms with van der Waals surface area (Å²) in [5, 5.41) is 0.910. The molecule has 0 saturated carbocycles. The molecule has 23 heavy (non-hydrogen) atoms. The molecule has 1 rings (SSSR count). The normalized spacial score (nSPS) is 10.6. The molecule has 1 aromatic carbocycles. The van der Waals surface area contributed by atoms with Crippen LogP contribution in [-0.4, -0.2) is 19.2 Å². The van der Waals surface area contributed by atoms with Crippen molar-refractivity contribution in [1.29, 1.82) is 0 Å². The molecule has 0 aliphatic rings. The van der Waals surface area contributed by atoms with Crippen molar-refractivity contribution in [2.75, 3.05) is 13.2 Å². The number of carbonyl (C=O) groups is 1. The van der Waals surface area contributed by atoms with Crippen molar-refractivity contribution in [3.63, 3.8) is 0 Å². The van der Waals surface area contributed by atoms with Gasteiger partial charge in [-0.25, -0.2) is 4.79 Å². The van der Waals surface area contributed by atoms with E-state index in [9.17, 15) is 4.79 Å². The SMILES string of the molecule is CCCCCCCCCCOC(=O)COc1ccc(Cl)cc1Cl. The standard InChI is InChI=1S/C18H26Cl2O3/c1-2-3-4-5-6-7-8-9-12-22-18(21)14-23-17-11-10-15(19)13-16(17)20/h10-11,13H,2-9,12,14H2,1H3. The Balaban J connectivity index is 2.02. The maximum absolute atomic E-state index is 11.6. The lowest BCUT2D eigenvalue weighted by Crippen LogP contribution is -2.15. The molecule has 0 radical (unpaired) electrons. The van der Waals surface area contributed by atoms with Crippen LogP contribution in [0.25, 0.3) is 0 Å². The molecule has 0 aromatic heterocycles. The Morgan fingerprint density at radius 2 is 1.65 bits per heavy atom. The summed E-state index contributed by atoms with van der Waals surface area (Å²) in [4.78, 5) is 11.6. The van der Waals surface area contributed by atoms with Gasteiger partial charge < -0.3 is 9.47 Å². The van der Waals surface area contributed by atoms with E-state index in [1.807, 2.05) is 0 Å². The number of benzene rings is 1. The first-order valence-electron chi connectivity index (χ1n) is 8.37. The van der Waals surface area contributed by atoms with E-state index in [0.717, 1.165) is 12.8 Å². The fourth-order valence-electron chi connectivity index (χ4n) is 2.19. The van der Waals surface area contributed by atoms with Gasteiger partial charge in [0.15, 0.2) is 6.61 Å². The molecule has 130 valence electrons. The molecular formula is C18H26Cl2O3. The fraction of sp³-hybridized carbons (Fsp3) is 0.611. The van der Waals surface area contributed by atoms with Crippen LogP contribution in [0.5, 0.6) is 5.75 Å². The van der Waals surface area contributed by atoms with Gasteiger partial charge in [0.25, 0.3) is 0 Å². The second-order valence-electron chi connectivity index (χ2n) is 5.56. The van der Waals surface area contributed by atoms with E-state index in [1.165, 1.54) is 38.5 Å². The highest BCUT2D eigenvalue weighted by Crippen LogP contribution is 2.27. The van der Waals surface area contributed by atoms with Gasteiger partial charge in [0.2, 0.25) is 0 Å². The molecule has 0 amide bonds. The van der Waals surface area contributed by atoms with E-state index in [-0.39, 0.29) is 12.6 Å². The van der Waals surface area contributed by atoms with Gasteiger partial charge >= 0.3 is 5.97 Å². The van der Waals surface area contributed by atoms with Gasteiger partial charge in [0, 0.05) is 5.02 Å². The maximum atomic E-state index is 11.6. The number of esters is 1. The van der Waals surface area contributed by atoms with E-state index in [1.54, 1.807) is 18.2 Å². The van der Waals surface area contributed by atoms with Crippen molar-refractivity contribution >= 4 is 29.2 Å². The Morgan fingerprint density at radius 3 is 2.30 bits per heavy atom. The van der Waals surface area contributed by atoms with Gasteiger partial charge in [0.05, 0.1) is 11.6 Å². The first-order chi connectivity index (χ1) is 11.1. The van der Waals surface area contributed by atoms with Crippen LogP contribution < -0.4 is 4.74 Å². The van der Waals surface area contributed by atoms with Crippen molar-refractivity contribution < 1.29 is 14.3 Å². The predicted molar refractivity (Wildman–Crippen MR) is 95.5 cm³/mol. The van der Waals surface area contributed by atoms with Gasteiger partial charge in [-0.05, 0) is 24.6 Å². The number of ether oxygens (including phenoxy) is 2. The van der Waals surface area contributed by atoms with Gasteiger partial charge in [-0.1, -0.05) is 75.1 Å². The quantitative estimate of drug-likeness (QED) is 0.335. The van der Waals surface area contributed by atoms with E-state index < -0.39 is 0 Å². The maximum Gasteiger partial charge on any atom is 0.344 e. The molecule has 1 aromatic rings. The monoisotopic (exact) mass is 360 g/mol. The number of hydrogen-bond acceptors (Lipinski definition) is 3. The van der Waals surface area contributed by atoms with E-state index >= 15 is 0 Å². The molecule has 0 fully saturated rings. The zero-order valence-corrected chi connectivity index (χ0v) is 15.3. The molecule has 0 heterocycles. The highest BCUT2D eigenvalue weighted by Gasteiger charge is 2.07. The Kier molecular flexibility index (Phi) is 10.9. The number of carbonyl (C=O) groups excluding carboxylic acids is 1. The van der Waals surface area contributed by atoms with Gasteiger partial charge in [-0.2, -0.15) is 0 Å². The summed E-state index contributed by atoms with van der Waals surface area (Å²) < 4.78 is 10.5. The van der Waals surface area contributed by atoms with Crippen LogP contribution in [0.2, 0.25) is 10.0 Å². The summed E-state index contributed by atoms with van der Waals surface area (Å²) in [5.41, 5.74) is 0. The second kappa shape index (κ2) is 12.5. The number of rotatable bonds is 12. The zero-order chi connectivity index (χ0) is 16.9. The van der Waals surface area contributed by atoms with Gasteiger partial charge in [-0.15, -0.1) is 0 Å². The minimum atomic E-state index is -0.376. The molecule has 0 saturated heterocycles. The molecular weight excluding hydrogens is 335 g/mol. The van der Waals surface area contributed by atoms with Crippen molar-refractivity contribution in [2.24, 2.45) is 0 Å². The number of halogens is 2. The third-order valence-corrected chi connectivity index (χ3v) is 4.03. The lowest BCUT2D eigenvalue weighted by Gasteiger charge is -2.08. The van der Waals surface area contributed by atoms with Crippen LogP contribution in [-0.2, 0) is 9.53 Å². The smallest absolute Gasteiger partial charge is 0.344 e. The first kappa shape index (κ1) is 20.1. The van der Waals surface area contributed by atoms with Crippen LogP contribution in [0.15, 0.2) is 18.2 Å². The zero-order valence-electron chi connectivity index (χ0n) is 13.8. The Bertz CT molecular complexity index is 464. The average Bonchev–Trinajstić information content (AvgIpc) is 2.52. The molecule has 0 unspecified atom stereocenters. The molecule has 3 nitrogen and oxygen atoms in total. The Morgan fingerprint density at radius 1 is 1.00 bits per heavy atom. The van der Waals surface area contributed by atoms with E-state index in [0.29, 0.717) is 22.4 Å². The average molecular weight is 361 g/mol. The fourth-order valence-corrected chi connectivity index (χ4v) is 2.66. The predicted octanol–water partition coefficient (Wildman–Crippen LogP) is 6.06. The Hall–Kier alpha value is -0.930. The molecule has 0 spiro atoms. The lowest BCUT2D eigenvalue weighted by atomic mass is 10.1. The number of hydrogen-bond donors (Lipinski definition) is 0. The molecule has 0 bridgehead atoms. The minimum absolute atomic E-state index is 0.141. The summed E-state index contributed by atoms with van der Waals surface area (Å²) in [6.45, 7) is 2.53. The van der Waals surface area contributed by atoms with Crippen LogP contribution in [0.4, 0.5) is 0 Å². The van der Waals surface area contributed by atoms with Crippen molar-refractivity contribution in [1.82, 2.24) is 0 Å². The van der Waals surface area contributed by atoms with Crippen molar-refractivity contribution in [3.8, 4) is 5.75 Å². The largest absolute Gasteiger partial charge is 0.480 e. The van der Waals surface area contributed by atoms with E-state index in [2.05, 4.69) is 6.92 Å². The molecule has 0 N–H and O–H groups in total. The van der Waals surface area contributed by atoms with Gasteiger partial charge in [-0.3, -0.25) is 0 Å². The second-order valence-corrected chi connectivity index (χ2v) is 6.40. The summed E-state index contributed by atoms with van der Waals surface area (Å²) >= 11 is 11.8. The lowest BCUT2D eigenvalue weighted by molar-refractivity contribution is -0.146. The van der Waals surface area contributed by atoms with Crippen molar-refractivity contribution in [2.45, 2.75) is 58.3 Å². The molecule has 0 aliphatic heterocycles. The van der Waals surface area contributed by atoms with Crippen molar-refractivity contribution in [3.05, 3.63) is 28.2 Å². The first-order valence-corrected chi connectivity index (χ1v) is 9.12. The van der Waals surface area contributed by atoms with Crippen LogP contribution in [0.1, 0.15) is 58.3 Å². The van der Waals surface area contributed by atoms with Crippen LogP contribution in [0.3, 0.4) is 0 Å². The highest BCUT2D eigenvalue weighted by molar-refractivity contribution is 6.35. The van der Waals surface area contributed by atoms with Crippen LogP contribution >= 0.6 is 23.2 Å². The highest BCUT2D eigenvalue weighted by atomic mass is 35.5.